The summed E-state index contributed by atoms with van der Waals surface area (Å²) in [6.07, 6.45) is 3.75. The van der Waals surface area contributed by atoms with Crippen LogP contribution in [-0.2, 0) is 0 Å². The Morgan fingerprint density at radius 2 is 2.07 bits per heavy atom. The van der Waals surface area contributed by atoms with E-state index in [4.69, 9.17) is 9.15 Å². The molecule has 4 nitrogen and oxygen atoms in total. The maximum absolute atomic E-state index is 11.5. The summed E-state index contributed by atoms with van der Waals surface area (Å²) in [6.45, 7) is 9.44. The molecule has 1 heterocycles. The lowest BCUT2D eigenvalue weighted by molar-refractivity contribution is -0.0779. The highest BCUT2D eigenvalue weighted by molar-refractivity contribution is 5.77. The average molecular weight is 368 g/mol. The smallest absolute Gasteiger partial charge is 0.336 e. The average Bonchev–Trinajstić information content (AvgIpc) is 2.64. The third kappa shape index (κ3) is 3.20. The van der Waals surface area contributed by atoms with Crippen LogP contribution in [0.2, 0.25) is 0 Å². The molecule has 0 radical (unpaired) electrons. The molecule has 0 bridgehead atoms. The van der Waals surface area contributed by atoms with Gasteiger partial charge in [-0.15, -0.1) is 0 Å². The Morgan fingerprint density at radius 1 is 1.30 bits per heavy atom. The molecule has 4 rings (SSSR count). The maximum Gasteiger partial charge on any atom is 0.336 e. The zero-order valence-electron chi connectivity index (χ0n) is 16.1. The fraction of sp³-hybridized carbons (Fsp3) is 0.522. The molecular weight excluding hydrogens is 340 g/mol. The van der Waals surface area contributed by atoms with Gasteiger partial charge in [-0.3, -0.25) is 0 Å². The number of ether oxygens (including phenoxy) is 1. The van der Waals surface area contributed by atoms with E-state index in [-0.39, 0.29) is 23.1 Å². The molecule has 4 heteroatoms. The van der Waals surface area contributed by atoms with Crippen molar-refractivity contribution in [3.63, 3.8) is 0 Å². The van der Waals surface area contributed by atoms with Crippen molar-refractivity contribution in [3.8, 4) is 5.75 Å². The van der Waals surface area contributed by atoms with E-state index in [1.807, 2.05) is 12.1 Å². The summed E-state index contributed by atoms with van der Waals surface area (Å²) in [7, 11) is 0. The second-order valence-electron chi connectivity index (χ2n) is 8.59. The maximum atomic E-state index is 11.5. The molecule has 1 N–H and O–H groups in total. The Bertz CT molecular complexity index is 914. The molecule has 1 aromatic heterocycles. The summed E-state index contributed by atoms with van der Waals surface area (Å²) >= 11 is 0. The topological polar surface area (TPSA) is 59.7 Å². The molecule has 2 aliphatic carbocycles. The van der Waals surface area contributed by atoms with Crippen LogP contribution in [0.1, 0.15) is 39.5 Å². The Hall–Kier alpha value is -2.07. The van der Waals surface area contributed by atoms with Gasteiger partial charge in [-0.25, -0.2) is 4.79 Å². The van der Waals surface area contributed by atoms with Crippen molar-refractivity contribution in [2.45, 2.75) is 45.6 Å². The summed E-state index contributed by atoms with van der Waals surface area (Å²) in [5, 5.41) is 11.2. The van der Waals surface area contributed by atoms with Gasteiger partial charge < -0.3 is 14.3 Å². The van der Waals surface area contributed by atoms with Crippen molar-refractivity contribution in [2.24, 2.45) is 23.2 Å². The highest BCUT2D eigenvalue weighted by atomic mass is 16.5. The van der Waals surface area contributed by atoms with Gasteiger partial charge in [0.25, 0.3) is 0 Å². The summed E-state index contributed by atoms with van der Waals surface area (Å²) in [5.74, 6) is 1.79. The molecule has 144 valence electrons. The number of hydrogen-bond donors (Lipinski definition) is 1. The van der Waals surface area contributed by atoms with Crippen molar-refractivity contribution >= 4 is 11.0 Å². The number of rotatable bonds is 3. The standard InChI is InChI=1S/C23H28O4/c1-14-4-8-18-15(2)20(24)10-11-23(18,3)19(14)13-26-17-7-5-16-6-9-22(25)27-21(16)12-17/h5-7,9,12,15,18-20,24H,1,4,8,10-11,13H2,2-3H3/t15-,18-,19-,20+,23+/m1/s1. The van der Waals surface area contributed by atoms with Crippen molar-refractivity contribution in [3.05, 3.63) is 52.9 Å². The molecule has 2 aromatic rings. The molecule has 2 aliphatic rings. The Kier molecular flexibility index (Phi) is 4.63. The van der Waals surface area contributed by atoms with Crippen LogP contribution in [-0.4, -0.2) is 17.8 Å². The van der Waals surface area contributed by atoms with E-state index in [9.17, 15) is 9.90 Å². The van der Waals surface area contributed by atoms with E-state index in [0.717, 1.165) is 31.1 Å². The first-order valence-corrected chi connectivity index (χ1v) is 9.91. The van der Waals surface area contributed by atoms with Crippen LogP contribution in [0.4, 0.5) is 0 Å². The van der Waals surface area contributed by atoms with Gasteiger partial charge in [0.2, 0.25) is 0 Å². The van der Waals surface area contributed by atoms with E-state index in [2.05, 4.69) is 20.4 Å². The van der Waals surface area contributed by atoms with Gasteiger partial charge >= 0.3 is 5.63 Å². The predicted molar refractivity (Wildman–Crippen MR) is 106 cm³/mol. The number of fused-ring (bicyclic) bond motifs is 2. The minimum absolute atomic E-state index is 0.109. The first-order valence-electron chi connectivity index (χ1n) is 9.91. The van der Waals surface area contributed by atoms with Crippen LogP contribution >= 0.6 is 0 Å². The van der Waals surface area contributed by atoms with Crippen molar-refractivity contribution in [1.29, 1.82) is 0 Å². The number of aliphatic hydroxyl groups is 1. The van der Waals surface area contributed by atoms with Crippen LogP contribution in [0.5, 0.6) is 5.75 Å². The second-order valence-corrected chi connectivity index (χ2v) is 8.59. The van der Waals surface area contributed by atoms with E-state index in [1.165, 1.54) is 11.6 Å². The molecule has 1 aromatic carbocycles. The monoisotopic (exact) mass is 368 g/mol. The fourth-order valence-corrected chi connectivity index (χ4v) is 5.40. The largest absolute Gasteiger partial charge is 0.493 e. The van der Waals surface area contributed by atoms with Crippen LogP contribution < -0.4 is 10.4 Å². The van der Waals surface area contributed by atoms with Gasteiger partial charge in [-0.05, 0) is 61.1 Å². The van der Waals surface area contributed by atoms with Crippen LogP contribution in [0.25, 0.3) is 11.0 Å². The Labute approximate surface area is 159 Å². The molecule has 0 spiro atoms. The van der Waals surface area contributed by atoms with Gasteiger partial charge in [-0.1, -0.05) is 26.0 Å². The van der Waals surface area contributed by atoms with E-state index in [0.29, 0.717) is 29.8 Å². The second kappa shape index (κ2) is 6.83. The fourth-order valence-electron chi connectivity index (χ4n) is 5.40. The Balaban J connectivity index is 1.56. The normalized spacial score (nSPS) is 33.7. The van der Waals surface area contributed by atoms with Crippen LogP contribution in [0, 0.1) is 23.2 Å². The van der Waals surface area contributed by atoms with Gasteiger partial charge in [0.15, 0.2) is 0 Å². The molecule has 0 unspecified atom stereocenters. The van der Waals surface area contributed by atoms with Crippen LogP contribution in [0.3, 0.4) is 0 Å². The van der Waals surface area contributed by atoms with Gasteiger partial charge in [0.1, 0.15) is 11.3 Å². The van der Waals surface area contributed by atoms with E-state index < -0.39 is 0 Å². The predicted octanol–water partition coefficient (Wildman–Crippen LogP) is 4.55. The molecule has 27 heavy (non-hydrogen) atoms. The first-order chi connectivity index (χ1) is 12.9. The SMILES string of the molecule is C=C1CC[C@@H]2[C@@H](C)[C@@H](O)CC[C@]2(C)[C@@H]1COc1ccc2ccc(=O)oc2c1. The minimum Gasteiger partial charge on any atom is -0.493 e. The first kappa shape index (κ1) is 18.3. The van der Waals surface area contributed by atoms with E-state index in [1.54, 1.807) is 12.1 Å². The molecule has 2 saturated carbocycles. The van der Waals surface area contributed by atoms with Crippen molar-refractivity contribution in [1.82, 2.24) is 0 Å². The van der Waals surface area contributed by atoms with Crippen molar-refractivity contribution < 1.29 is 14.3 Å². The number of benzene rings is 1. The summed E-state index contributed by atoms with van der Waals surface area (Å²) in [5.41, 5.74) is 1.55. The minimum atomic E-state index is -0.356. The van der Waals surface area contributed by atoms with Crippen molar-refractivity contribution in [2.75, 3.05) is 6.61 Å². The molecule has 0 amide bonds. The lowest BCUT2D eigenvalue weighted by Crippen LogP contribution is -2.51. The quantitative estimate of drug-likeness (QED) is 0.638. The van der Waals surface area contributed by atoms with Gasteiger partial charge in [-0.2, -0.15) is 0 Å². The number of hydrogen-bond acceptors (Lipinski definition) is 4. The summed E-state index contributed by atoms with van der Waals surface area (Å²) in [6, 6.07) is 8.80. The molecule has 5 atom stereocenters. The summed E-state index contributed by atoms with van der Waals surface area (Å²) < 4.78 is 11.4. The lowest BCUT2D eigenvalue weighted by Gasteiger charge is -2.55. The summed E-state index contributed by atoms with van der Waals surface area (Å²) in [4.78, 5) is 11.5. The lowest BCUT2D eigenvalue weighted by atomic mass is 9.51. The molecular formula is C23H28O4. The van der Waals surface area contributed by atoms with Crippen LogP contribution in [0.15, 0.2) is 51.7 Å². The molecule has 2 fully saturated rings. The third-order valence-electron chi connectivity index (χ3n) is 7.14. The zero-order chi connectivity index (χ0) is 19.2. The highest BCUT2D eigenvalue weighted by Crippen LogP contribution is 2.56. The third-order valence-corrected chi connectivity index (χ3v) is 7.14. The highest BCUT2D eigenvalue weighted by Gasteiger charge is 2.51. The van der Waals surface area contributed by atoms with E-state index >= 15 is 0 Å². The number of aliphatic hydroxyl groups excluding tert-OH is 1. The van der Waals surface area contributed by atoms with Gasteiger partial charge in [0, 0.05) is 23.4 Å². The van der Waals surface area contributed by atoms with Gasteiger partial charge in [0.05, 0.1) is 12.7 Å². The Morgan fingerprint density at radius 3 is 2.89 bits per heavy atom. The molecule has 0 aliphatic heterocycles. The zero-order valence-corrected chi connectivity index (χ0v) is 16.1. The molecule has 0 saturated heterocycles.